The number of phenols is 1. The van der Waals surface area contributed by atoms with Crippen LogP contribution in [0.25, 0.3) is 5.76 Å². The molecule has 6 N–H and O–H groups in total. The highest BCUT2D eigenvalue weighted by molar-refractivity contribution is 6.24. The maximum atomic E-state index is 13.9. The van der Waals surface area contributed by atoms with Gasteiger partial charge < -0.3 is 30.9 Å². The van der Waals surface area contributed by atoms with Gasteiger partial charge in [0.15, 0.2) is 17.2 Å². The molecule has 0 radical (unpaired) electrons. The monoisotopic (exact) mass is 541 g/mol. The van der Waals surface area contributed by atoms with Crippen LogP contribution in [0.3, 0.4) is 0 Å². The summed E-state index contributed by atoms with van der Waals surface area (Å²) < 4.78 is 5.34. The van der Waals surface area contributed by atoms with E-state index >= 15 is 0 Å². The first-order chi connectivity index (χ1) is 18.4. The SMILES string of the molecule is CN(C)[C@H]1C(=O)C(C(N)=O)=C(O)[C@]2(O)C(=O)C3=C(O)c4c(O)ccc(C(=O)CN5CCOCC5)c4C[C@@H]3C[C@H]12. The first kappa shape index (κ1) is 27.0. The number of aliphatic hydroxyl groups is 3. The molecule has 39 heavy (non-hydrogen) atoms. The number of aromatic hydroxyl groups is 1. The van der Waals surface area contributed by atoms with E-state index in [0.29, 0.717) is 31.9 Å². The maximum Gasteiger partial charge on any atom is 0.255 e. The molecule has 1 saturated heterocycles. The molecule has 0 spiro atoms. The Morgan fingerprint density at radius 2 is 1.82 bits per heavy atom. The molecule has 0 aromatic heterocycles. The molecular weight excluding hydrogens is 510 g/mol. The fraction of sp³-hybridized carbons (Fsp3) is 0.481. The molecule has 5 rings (SSSR count). The van der Waals surface area contributed by atoms with Gasteiger partial charge in [0.05, 0.1) is 31.4 Å². The van der Waals surface area contributed by atoms with Crippen molar-refractivity contribution >= 4 is 29.0 Å². The van der Waals surface area contributed by atoms with Crippen molar-refractivity contribution in [3.8, 4) is 5.75 Å². The van der Waals surface area contributed by atoms with Crippen LogP contribution in [0.2, 0.25) is 0 Å². The number of carbonyl (C=O) groups is 4. The minimum Gasteiger partial charge on any atom is -0.508 e. The van der Waals surface area contributed by atoms with E-state index < -0.39 is 58.0 Å². The summed E-state index contributed by atoms with van der Waals surface area (Å²) in [5, 5.41) is 44.5. The Balaban J connectivity index is 1.63. The number of ketones is 3. The fourth-order valence-corrected chi connectivity index (χ4v) is 6.55. The van der Waals surface area contributed by atoms with Crippen molar-refractivity contribution in [1.29, 1.82) is 0 Å². The van der Waals surface area contributed by atoms with E-state index in [-0.39, 0.29) is 47.6 Å². The summed E-state index contributed by atoms with van der Waals surface area (Å²) in [7, 11) is 3.07. The summed E-state index contributed by atoms with van der Waals surface area (Å²) in [4.78, 5) is 55.8. The fourth-order valence-electron chi connectivity index (χ4n) is 6.55. The average Bonchev–Trinajstić information content (AvgIpc) is 2.86. The number of amides is 1. The Morgan fingerprint density at radius 1 is 1.15 bits per heavy atom. The number of carbonyl (C=O) groups excluding carboxylic acids is 4. The predicted octanol–water partition coefficient (Wildman–Crippen LogP) is -0.521. The lowest BCUT2D eigenvalue weighted by Crippen LogP contribution is -2.65. The van der Waals surface area contributed by atoms with Crippen LogP contribution < -0.4 is 5.73 Å². The number of nitrogens with zero attached hydrogens (tertiary/aromatic N) is 2. The maximum absolute atomic E-state index is 13.9. The molecule has 1 aromatic carbocycles. The average molecular weight is 542 g/mol. The quantitative estimate of drug-likeness (QED) is 0.238. The molecule has 12 nitrogen and oxygen atoms in total. The third-order valence-electron chi connectivity index (χ3n) is 8.38. The molecule has 0 unspecified atom stereocenters. The summed E-state index contributed by atoms with van der Waals surface area (Å²) in [6.45, 7) is 2.29. The van der Waals surface area contributed by atoms with Gasteiger partial charge in [-0.2, -0.15) is 0 Å². The number of hydrogen-bond acceptors (Lipinski definition) is 11. The smallest absolute Gasteiger partial charge is 0.255 e. The summed E-state index contributed by atoms with van der Waals surface area (Å²) in [5.41, 5.74) is 2.06. The first-order valence-corrected chi connectivity index (χ1v) is 12.7. The van der Waals surface area contributed by atoms with Gasteiger partial charge in [-0.15, -0.1) is 0 Å². The zero-order valence-electron chi connectivity index (χ0n) is 21.6. The second-order valence-electron chi connectivity index (χ2n) is 10.8. The zero-order chi connectivity index (χ0) is 28.4. The first-order valence-electron chi connectivity index (χ1n) is 12.7. The van der Waals surface area contributed by atoms with Crippen LogP contribution in [0, 0.1) is 11.8 Å². The van der Waals surface area contributed by atoms with Gasteiger partial charge in [0.1, 0.15) is 22.8 Å². The number of nitrogens with two attached hydrogens (primary N) is 1. The van der Waals surface area contributed by atoms with Crippen molar-refractivity contribution in [3.05, 3.63) is 45.7 Å². The lowest BCUT2D eigenvalue weighted by atomic mass is 9.57. The second kappa shape index (κ2) is 9.56. The molecule has 1 saturated carbocycles. The van der Waals surface area contributed by atoms with E-state index in [1.54, 1.807) is 0 Å². The van der Waals surface area contributed by atoms with Gasteiger partial charge in [-0.1, -0.05) is 0 Å². The van der Waals surface area contributed by atoms with E-state index in [1.807, 2.05) is 4.90 Å². The lowest BCUT2D eigenvalue weighted by molar-refractivity contribution is -0.153. The number of primary amides is 1. The molecular formula is C27H31N3O9. The summed E-state index contributed by atoms with van der Waals surface area (Å²) >= 11 is 0. The van der Waals surface area contributed by atoms with Crippen molar-refractivity contribution in [2.75, 3.05) is 46.9 Å². The number of fused-ring (bicyclic) bond motifs is 3. The molecule has 1 amide bonds. The third-order valence-corrected chi connectivity index (χ3v) is 8.38. The molecule has 1 heterocycles. The number of hydrogen-bond donors (Lipinski definition) is 5. The molecule has 0 bridgehead atoms. The molecule has 208 valence electrons. The molecule has 1 aliphatic heterocycles. The normalized spacial score (nSPS) is 29.3. The number of phenolic OH excluding ortho intramolecular Hbond substituents is 1. The number of ether oxygens (including phenoxy) is 1. The van der Waals surface area contributed by atoms with Gasteiger partial charge in [-0.3, -0.25) is 29.0 Å². The van der Waals surface area contributed by atoms with Crippen molar-refractivity contribution in [3.63, 3.8) is 0 Å². The minimum absolute atomic E-state index is 0.0431. The number of aliphatic hydroxyl groups excluding tert-OH is 2. The summed E-state index contributed by atoms with van der Waals surface area (Å²) in [6.07, 6.45) is 0.0195. The van der Waals surface area contributed by atoms with Gasteiger partial charge in [0.25, 0.3) is 5.91 Å². The van der Waals surface area contributed by atoms with Crippen molar-refractivity contribution in [2.24, 2.45) is 17.6 Å². The Bertz CT molecular complexity index is 1360. The molecule has 2 fully saturated rings. The number of likely N-dealkylation sites (N-methyl/N-ethyl adjacent to an activating group) is 1. The lowest BCUT2D eigenvalue weighted by Gasteiger charge is -2.50. The van der Waals surface area contributed by atoms with Gasteiger partial charge >= 0.3 is 0 Å². The standard InChI is InChI=1S/C27H31N3O9/c1-29(2)21-15-10-12-9-14-13(17(32)11-30-5-7-39-8-6-30)3-4-16(31)19(14)22(33)18(12)24(35)27(15,38)25(36)20(23(21)34)26(28)37/h3-4,12,15,21,31,33,36,38H,5-11H2,1-2H3,(H2,28,37)/t12-,15-,21-,27-/m1/s1. The van der Waals surface area contributed by atoms with E-state index in [0.717, 1.165) is 0 Å². The van der Waals surface area contributed by atoms with Gasteiger partial charge in [-0.05, 0) is 50.6 Å². The molecule has 3 aliphatic carbocycles. The van der Waals surface area contributed by atoms with Gasteiger partial charge in [0, 0.05) is 30.1 Å². The predicted molar refractivity (Wildman–Crippen MR) is 136 cm³/mol. The van der Waals surface area contributed by atoms with Crippen LogP contribution in [0.5, 0.6) is 5.75 Å². The highest BCUT2D eigenvalue weighted by Gasteiger charge is 2.64. The van der Waals surface area contributed by atoms with Crippen LogP contribution >= 0.6 is 0 Å². The third kappa shape index (κ3) is 3.97. The molecule has 4 atom stereocenters. The molecule has 12 heteroatoms. The Hall–Kier alpha value is -3.58. The van der Waals surface area contributed by atoms with Crippen LogP contribution in [-0.2, 0) is 25.5 Å². The van der Waals surface area contributed by atoms with Crippen molar-refractivity contribution in [2.45, 2.75) is 24.5 Å². The number of Topliss-reactive ketones (excluding diaryl/α,β-unsaturated/α-hetero) is 3. The highest BCUT2D eigenvalue weighted by atomic mass is 16.5. The van der Waals surface area contributed by atoms with Crippen molar-refractivity contribution < 1.29 is 44.3 Å². The van der Waals surface area contributed by atoms with E-state index in [9.17, 15) is 39.6 Å². The highest BCUT2D eigenvalue weighted by Crippen LogP contribution is 2.52. The van der Waals surface area contributed by atoms with Crippen LogP contribution in [0.4, 0.5) is 0 Å². The van der Waals surface area contributed by atoms with Crippen molar-refractivity contribution in [1.82, 2.24) is 9.80 Å². The summed E-state index contributed by atoms with van der Waals surface area (Å²) in [5.74, 6) is -7.48. The van der Waals surface area contributed by atoms with Crippen LogP contribution in [-0.4, -0.2) is 112 Å². The van der Waals surface area contributed by atoms with Gasteiger partial charge in [0.2, 0.25) is 5.78 Å². The number of rotatable bonds is 5. The zero-order valence-corrected chi connectivity index (χ0v) is 21.6. The molecule has 4 aliphatic rings. The Labute approximate surface area is 223 Å². The molecule has 1 aromatic rings. The Morgan fingerprint density at radius 3 is 2.44 bits per heavy atom. The second-order valence-corrected chi connectivity index (χ2v) is 10.8. The van der Waals surface area contributed by atoms with Crippen LogP contribution in [0.15, 0.2) is 29.0 Å². The number of benzene rings is 1. The Kier molecular flexibility index (Phi) is 6.62. The van der Waals surface area contributed by atoms with E-state index in [1.165, 1.54) is 31.1 Å². The van der Waals surface area contributed by atoms with E-state index in [4.69, 9.17) is 10.5 Å². The minimum atomic E-state index is -2.70. The topological polar surface area (TPSA) is 191 Å². The largest absolute Gasteiger partial charge is 0.508 e. The summed E-state index contributed by atoms with van der Waals surface area (Å²) in [6, 6.07) is 1.57. The van der Waals surface area contributed by atoms with E-state index in [2.05, 4.69) is 0 Å². The van der Waals surface area contributed by atoms with Crippen LogP contribution in [0.1, 0.15) is 27.9 Å². The number of morpholine rings is 1. The van der Waals surface area contributed by atoms with Gasteiger partial charge in [-0.25, -0.2) is 0 Å².